The molecule has 1 aromatic carbocycles. The quantitative estimate of drug-likeness (QED) is 0.883. The third-order valence-electron chi connectivity index (χ3n) is 3.91. The van der Waals surface area contributed by atoms with Gasteiger partial charge in [0.25, 0.3) is 0 Å². The average Bonchev–Trinajstić information content (AvgIpc) is 2.67. The molecule has 0 fully saturated rings. The van der Waals surface area contributed by atoms with E-state index in [0.717, 1.165) is 16.9 Å². The molecule has 6 heteroatoms. The largest absolute Gasteiger partial charge is 0.491 e. The van der Waals surface area contributed by atoms with Crippen molar-refractivity contribution >= 4 is 17.7 Å². The lowest BCUT2D eigenvalue weighted by Gasteiger charge is -2.28. The lowest BCUT2D eigenvalue weighted by atomic mass is 9.93. The highest BCUT2D eigenvalue weighted by Crippen LogP contribution is 2.29. The predicted molar refractivity (Wildman–Crippen MR) is 93.9 cm³/mol. The maximum Gasteiger partial charge on any atom is 0.232 e. The Kier molecular flexibility index (Phi) is 5.95. The standard InChI is InChI=1S/C17H26N2O3S/c1-17(21,12-18(2)3)14-5-6-15-13(9-14)10-19(7-8-22-15)16(20)11-23-4/h5-6,9,21H,7-8,10-12H2,1-4H3. The van der Waals surface area contributed by atoms with Crippen molar-refractivity contribution in [1.29, 1.82) is 0 Å². The minimum absolute atomic E-state index is 0.124. The Hall–Kier alpha value is -1.24. The van der Waals surface area contributed by atoms with E-state index in [2.05, 4.69) is 0 Å². The van der Waals surface area contributed by atoms with Crippen molar-refractivity contribution in [2.75, 3.05) is 45.8 Å². The van der Waals surface area contributed by atoms with E-state index in [-0.39, 0.29) is 5.91 Å². The summed E-state index contributed by atoms with van der Waals surface area (Å²) in [4.78, 5) is 16.0. The molecule has 128 valence electrons. The fourth-order valence-electron chi connectivity index (χ4n) is 2.86. The summed E-state index contributed by atoms with van der Waals surface area (Å²) in [5, 5.41) is 10.7. The molecule has 1 atom stereocenters. The number of carbonyl (C=O) groups is 1. The van der Waals surface area contributed by atoms with Crippen LogP contribution in [0.25, 0.3) is 0 Å². The van der Waals surface area contributed by atoms with Crippen LogP contribution < -0.4 is 4.74 Å². The van der Waals surface area contributed by atoms with Gasteiger partial charge in [0.05, 0.1) is 17.9 Å². The molecule has 0 saturated carbocycles. The fourth-order valence-corrected chi connectivity index (χ4v) is 3.29. The smallest absolute Gasteiger partial charge is 0.232 e. The number of hydrogen-bond donors (Lipinski definition) is 1. The molecule has 0 aromatic heterocycles. The van der Waals surface area contributed by atoms with Gasteiger partial charge in [0.15, 0.2) is 0 Å². The van der Waals surface area contributed by atoms with E-state index in [1.165, 1.54) is 11.8 Å². The summed E-state index contributed by atoms with van der Waals surface area (Å²) in [6, 6.07) is 5.77. The van der Waals surface area contributed by atoms with Crippen LogP contribution >= 0.6 is 11.8 Å². The van der Waals surface area contributed by atoms with Gasteiger partial charge in [-0.25, -0.2) is 0 Å². The topological polar surface area (TPSA) is 53.0 Å². The van der Waals surface area contributed by atoms with Crippen molar-refractivity contribution in [3.8, 4) is 5.75 Å². The van der Waals surface area contributed by atoms with Gasteiger partial charge in [0.2, 0.25) is 5.91 Å². The van der Waals surface area contributed by atoms with Gasteiger partial charge in [-0.3, -0.25) is 4.79 Å². The SMILES string of the molecule is CSCC(=O)N1CCOc2ccc(C(C)(O)CN(C)C)cc2C1. The van der Waals surface area contributed by atoms with Crippen molar-refractivity contribution in [1.82, 2.24) is 9.80 Å². The van der Waals surface area contributed by atoms with Crippen LogP contribution in [0, 0.1) is 0 Å². The van der Waals surface area contributed by atoms with Crippen molar-refractivity contribution < 1.29 is 14.6 Å². The van der Waals surface area contributed by atoms with Gasteiger partial charge in [0.1, 0.15) is 12.4 Å². The van der Waals surface area contributed by atoms with E-state index in [0.29, 0.717) is 32.0 Å². The molecule has 1 N–H and O–H groups in total. The third kappa shape index (κ3) is 4.62. The van der Waals surface area contributed by atoms with Crippen LogP contribution in [0.2, 0.25) is 0 Å². The normalized spacial score (nSPS) is 17.2. The van der Waals surface area contributed by atoms with E-state index in [4.69, 9.17) is 4.74 Å². The van der Waals surface area contributed by atoms with Crippen molar-refractivity contribution in [3.63, 3.8) is 0 Å². The summed E-state index contributed by atoms with van der Waals surface area (Å²) in [5.41, 5.74) is 0.847. The number of hydrogen-bond acceptors (Lipinski definition) is 5. The Morgan fingerprint density at radius 2 is 2.22 bits per heavy atom. The number of nitrogens with zero attached hydrogens (tertiary/aromatic N) is 2. The second kappa shape index (κ2) is 7.55. The molecule has 23 heavy (non-hydrogen) atoms. The first kappa shape index (κ1) is 18.1. The molecule has 5 nitrogen and oxygen atoms in total. The second-order valence-electron chi connectivity index (χ2n) is 6.43. The van der Waals surface area contributed by atoms with Gasteiger partial charge in [0, 0.05) is 18.7 Å². The number of fused-ring (bicyclic) bond motifs is 1. The molecule has 2 rings (SSSR count). The molecule has 1 aliphatic rings. The Morgan fingerprint density at radius 1 is 1.48 bits per heavy atom. The Labute approximate surface area is 142 Å². The number of aliphatic hydroxyl groups is 1. The zero-order valence-corrected chi connectivity index (χ0v) is 15.2. The monoisotopic (exact) mass is 338 g/mol. The lowest BCUT2D eigenvalue weighted by Crippen LogP contribution is -2.35. The molecule has 1 aliphatic heterocycles. The number of carbonyl (C=O) groups excluding carboxylic acids is 1. The van der Waals surface area contributed by atoms with Crippen molar-refractivity contribution in [2.24, 2.45) is 0 Å². The van der Waals surface area contributed by atoms with Gasteiger partial charge in [-0.2, -0.15) is 11.8 Å². The van der Waals surface area contributed by atoms with E-state index in [9.17, 15) is 9.90 Å². The van der Waals surface area contributed by atoms with E-state index < -0.39 is 5.60 Å². The number of benzene rings is 1. The molecule has 0 saturated heterocycles. The maximum absolute atomic E-state index is 12.2. The Balaban J connectivity index is 2.25. The molecule has 0 aliphatic carbocycles. The van der Waals surface area contributed by atoms with Crippen LogP contribution in [-0.2, 0) is 16.9 Å². The third-order valence-corrected chi connectivity index (χ3v) is 4.44. The average molecular weight is 338 g/mol. The number of rotatable bonds is 5. The predicted octanol–water partition coefficient (Wildman–Crippen LogP) is 1.54. The molecule has 0 spiro atoms. The molecule has 1 aromatic rings. The highest BCUT2D eigenvalue weighted by Gasteiger charge is 2.26. The maximum atomic E-state index is 12.2. The highest BCUT2D eigenvalue weighted by molar-refractivity contribution is 7.99. The van der Waals surface area contributed by atoms with Crippen LogP contribution in [0.1, 0.15) is 18.1 Å². The molecule has 0 bridgehead atoms. The number of ether oxygens (including phenoxy) is 1. The van der Waals surface area contributed by atoms with Gasteiger partial charge < -0.3 is 19.6 Å². The zero-order valence-electron chi connectivity index (χ0n) is 14.3. The van der Waals surface area contributed by atoms with E-state index in [1.807, 2.05) is 55.3 Å². The summed E-state index contributed by atoms with van der Waals surface area (Å²) < 4.78 is 5.76. The minimum Gasteiger partial charge on any atom is -0.491 e. The summed E-state index contributed by atoms with van der Waals surface area (Å²) in [6.45, 7) is 3.96. The Bertz CT molecular complexity index is 561. The summed E-state index contributed by atoms with van der Waals surface area (Å²) in [7, 11) is 3.87. The molecule has 1 unspecified atom stereocenters. The number of amides is 1. The molecule has 1 amide bonds. The number of thioether (sulfide) groups is 1. The van der Waals surface area contributed by atoms with Crippen LogP contribution in [-0.4, -0.2) is 66.6 Å². The van der Waals surface area contributed by atoms with Crippen molar-refractivity contribution in [3.05, 3.63) is 29.3 Å². The second-order valence-corrected chi connectivity index (χ2v) is 7.30. The highest BCUT2D eigenvalue weighted by atomic mass is 32.2. The first-order valence-electron chi connectivity index (χ1n) is 7.73. The first-order chi connectivity index (χ1) is 10.8. The van der Waals surface area contributed by atoms with Crippen LogP contribution in [0.5, 0.6) is 5.75 Å². The van der Waals surface area contributed by atoms with Gasteiger partial charge in [-0.15, -0.1) is 0 Å². The summed E-state index contributed by atoms with van der Waals surface area (Å²) >= 11 is 1.53. The first-order valence-corrected chi connectivity index (χ1v) is 9.13. The molecule has 1 heterocycles. The van der Waals surface area contributed by atoms with Crippen LogP contribution in [0.4, 0.5) is 0 Å². The van der Waals surface area contributed by atoms with Crippen molar-refractivity contribution in [2.45, 2.75) is 19.1 Å². The molecular formula is C17H26N2O3S. The summed E-state index contributed by atoms with van der Waals surface area (Å²) in [5.74, 6) is 1.40. The van der Waals surface area contributed by atoms with E-state index >= 15 is 0 Å². The van der Waals surface area contributed by atoms with Gasteiger partial charge in [-0.1, -0.05) is 6.07 Å². The molecule has 0 radical (unpaired) electrons. The lowest BCUT2D eigenvalue weighted by molar-refractivity contribution is -0.129. The van der Waals surface area contributed by atoms with Gasteiger partial charge >= 0.3 is 0 Å². The zero-order chi connectivity index (χ0) is 17.0. The van der Waals surface area contributed by atoms with Crippen LogP contribution in [0.15, 0.2) is 18.2 Å². The Morgan fingerprint density at radius 3 is 2.87 bits per heavy atom. The number of likely N-dealkylation sites (N-methyl/N-ethyl adjacent to an activating group) is 1. The molecular weight excluding hydrogens is 312 g/mol. The van der Waals surface area contributed by atoms with E-state index in [1.54, 1.807) is 0 Å². The minimum atomic E-state index is -0.945. The van der Waals surface area contributed by atoms with Crippen LogP contribution in [0.3, 0.4) is 0 Å². The fraction of sp³-hybridized carbons (Fsp3) is 0.588. The van der Waals surface area contributed by atoms with Gasteiger partial charge in [-0.05, 0) is 45.0 Å². The summed E-state index contributed by atoms with van der Waals surface area (Å²) in [6.07, 6.45) is 1.93.